The first-order valence-corrected chi connectivity index (χ1v) is 11.0. The third kappa shape index (κ3) is 3.81. The van der Waals surface area contributed by atoms with Crippen molar-refractivity contribution in [1.82, 2.24) is 30.2 Å². The summed E-state index contributed by atoms with van der Waals surface area (Å²) in [4.78, 5) is 22.1. The van der Waals surface area contributed by atoms with Crippen LogP contribution in [0.4, 0.5) is 5.69 Å². The first-order chi connectivity index (χ1) is 15.1. The summed E-state index contributed by atoms with van der Waals surface area (Å²) in [5, 5.41) is 15.6. The maximum Gasteiger partial charge on any atom is 0.260 e. The molecule has 4 aromatic rings. The number of nitrogens with one attached hydrogen (secondary N) is 1. The summed E-state index contributed by atoms with van der Waals surface area (Å²) in [5.74, 6) is 1.45. The zero-order chi connectivity index (χ0) is 21.4. The zero-order valence-electron chi connectivity index (χ0n) is 16.9. The molecule has 0 saturated heterocycles. The van der Waals surface area contributed by atoms with E-state index in [4.69, 9.17) is 4.42 Å². The number of anilines is 1. The van der Waals surface area contributed by atoms with Crippen molar-refractivity contribution in [1.29, 1.82) is 0 Å². The molecule has 0 unspecified atom stereocenters. The molecule has 0 bridgehead atoms. The summed E-state index contributed by atoms with van der Waals surface area (Å²) in [6.07, 6.45) is 5.61. The fourth-order valence-electron chi connectivity index (χ4n) is 3.35. The Morgan fingerprint density at radius 2 is 2.10 bits per heavy atom. The van der Waals surface area contributed by atoms with Gasteiger partial charge in [-0.25, -0.2) is 14.6 Å². The van der Waals surface area contributed by atoms with Gasteiger partial charge in [0.05, 0.1) is 23.6 Å². The molecule has 9 nitrogen and oxygen atoms in total. The van der Waals surface area contributed by atoms with E-state index in [1.807, 2.05) is 35.2 Å². The van der Waals surface area contributed by atoms with E-state index < -0.39 is 0 Å². The van der Waals surface area contributed by atoms with Crippen LogP contribution in [0.1, 0.15) is 34.9 Å². The van der Waals surface area contributed by atoms with Crippen LogP contribution < -0.4 is 5.32 Å². The van der Waals surface area contributed by atoms with Gasteiger partial charge < -0.3 is 9.73 Å². The van der Waals surface area contributed by atoms with Gasteiger partial charge in [0.2, 0.25) is 0 Å². The van der Waals surface area contributed by atoms with Gasteiger partial charge in [-0.3, -0.25) is 4.79 Å². The Bertz CT molecular complexity index is 1250. The third-order valence-corrected chi connectivity index (χ3v) is 5.67. The Morgan fingerprint density at radius 3 is 2.84 bits per heavy atom. The number of thioether (sulfide) groups is 1. The smallest absolute Gasteiger partial charge is 0.260 e. The van der Waals surface area contributed by atoms with Crippen LogP contribution in [0.3, 0.4) is 0 Å². The van der Waals surface area contributed by atoms with E-state index in [2.05, 4.69) is 30.8 Å². The van der Waals surface area contributed by atoms with Gasteiger partial charge in [0.25, 0.3) is 5.91 Å². The molecule has 1 aromatic carbocycles. The minimum Gasteiger partial charge on any atom is -0.461 e. The number of nitrogens with zero attached hydrogens (tertiary/aromatic N) is 6. The van der Waals surface area contributed by atoms with Gasteiger partial charge >= 0.3 is 0 Å². The van der Waals surface area contributed by atoms with E-state index in [-0.39, 0.29) is 5.91 Å². The molecular weight excluding hydrogens is 414 g/mol. The number of carbonyl (C=O) groups is 1. The van der Waals surface area contributed by atoms with Gasteiger partial charge in [0.15, 0.2) is 17.4 Å². The summed E-state index contributed by atoms with van der Waals surface area (Å²) >= 11 is 1.39. The molecule has 10 heteroatoms. The zero-order valence-corrected chi connectivity index (χ0v) is 17.8. The van der Waals surface area contributed by atoms with E-state index in [9.17, 15) is 4.79 Å². The van der Waals surface area contributed by atoms with Crippen molar-refractivity contribution < 1.29 is 9.21 Å². The third-order valence-electron chi connectivity index (χ3n) is 4.98. The Kier molecular flexibility index (Phi) is 4.99. The maximum absolute atomic E-state index is 13.1. The highest BCUT2D eigenvalue weighted by Gasteiger charge is 2.28. The summed E-state index contributed by atoms with van der Waals surface area (Å²) < 4.78 is 7.24. The molecule has 1 aliphatic carbocycles. The Hall–Kier alpha value is -3.53. The summed E-state index contributed by atoms with van der Waals surface area (Å²) in [5.41, 5.74) is 2.52. The number of carbonyl (C=O) groups excluding carboxylic acids is 1. The van der Waals surface area contributed by atoms with Crippen LogP contribution in [0.25, 0.3) is 23.0 Å². The average molecular weight is 433 g/mol. The van der Waals surface area contributed by atoms with Crippen molar-refractivity contribution in [2.75, 3.05) is 11.6 Å². The maximum atomic E-state index is 13.1. The summed E-state index contributed by atoms with van der Waals surface area (Å²) in [6.45, 7) is 1.79. The standard InChI is InChI=1S/C21H19N7O2S/c1-12-17(21(31-2)24-18(22-12)16-7-4-10-30-16)20(29)23-14-6-3-5-13(11-14)19-25-26-27-28(19)15-8-9-15/h3-7,10-11,15H,8-9H2,1-2H3,(H,23,29). The Labute approximate surface area is 182 Å². The molecule has 0 atom stereocenters. The summed E-state index contributed by atoms with van der Waals surface area (Å²) in [7, 11) is 0. The van der Waals surface area contributed by atoms with Gasteiger partial charge in [0, 0.05) is 11.3 Å². The number of benzene rings is 1. The second-order valence-electron chi connectivity index (χ2n) is 7.21. The molecule has 1 saturated carbocycles. The fraction of sp³-hybridized carbons (Fsp3) is 0.238. The normalized spacial score (nSPS) is 13.4. The molecule has 1 amide bonds. The molecule has 31 heavy (non-hydrogen) atoms. The van der Waals surface area contributed by atoms with Crippen LogP contribution >= 0.6 is 11.8 Å². The SMILES string of the molecule is CSc1nc(-c2ccco2)nc(C)c1C(=O)Nc1cccc(-c2nnnn2C2CC2)c1. The molecule has 0 aliphatic heterocycles. The molecule has 5 rings (SSSR count). The molecule has 1 N–H and O–H groups in total. The number of hydrogen-bond acceptors (Lipinski definition) is 8. The molecule has 156 valence electrons. The number of aromatic nitrogens is 6. The van der Waals surface area contributed by atoms with Crippen LogP contribution in [0.2, 0.25) is 0 Å². The van der Waals surface area contributed by atoms with Crippen molar-refractivity contribution in [3.63, 3.8) is 0 Å². The summed E-state index contributed by atoms with van der Waals surface area (Å²) in [6, 6.07) is 11.4. The average Bonchev–Trinajstić information content (AvgIpc) is 3.26. The molecular formula is C21H19N7O2S. The van der Waals surface area contributed by atoms with Crippen LogP contribution in [0, 0.1) is 6.92 Å². The second kappa shape index (κ2) is 7.95. The number of tetrazole rings is 1. The van der Waals surface area contributed by atoms with Crippen LogP contribution in [0.5, 0.6) is 0 Å². The quantitative estimate of drug-likeness (QED) is 0.359. The van der Waals surface area contributed by atoms with Gasteiger partial charge in [-0.1, -0.05) is 12.1 Å². The lowest BCUT2D eigenvalue weighted by molar-refractivity contribution is 0.102. The van der Waals surface area contributed by atoms with E-state index >= 15 is 0 Å². The Morgan fingerprint density at radius 1 is 1.23 bits per heavy atom. The van der Waals surface area contributed by atoms with Crippen molar-refractivity contribution in [3.8, 4) is 23.0 Å². The number of amides is 1. The molecule has 0 spiro atoms. The van der Waals surface area contributed by atoms with Gasteiger partial charge in [0.1, 0.15) is 5.03 Å². The van der Waals surface area contributed by atoms with Gasteiger partial charge in [-0.15, -0.1) is 16.9 Å². The molecule has 1 aliphatic rings. The number of rotatable bonds is 6. The Balaban J connectivity index is 1.43. The largest absolute Gasteiger partial charge is 0.461 e. The van der Waals surface area contributed by atoms with Gasteiger partial charge in [-0.2, -0.15) is 0 Å². The lowest BCUT2D eigenvalue weighted by Gasteiger charge is -2.12. The van der Waals surface area contributed by atoms with Crippen molar-refractivity contribution in [2.45, 2.75) is 30.8 Å². The monoisotopic (exact) mass is 433 g/mol. The first-order valence-electron chi connectivity index (χ1n) is 9.80. The van der Waals surface area contributed by atoms with E-state index in [0.29, 0.717) is 45.4 Å². The number of aryl methyl sites for hydroxylation is 1. The topological polar surface area (TPSA) is 112 Å². The lowest BCUT2D eigenvalue weighted by atomic mass is 10.1. The van der Waals surface area contributed by atoms with Crippen molar-refractivity contribution in [2.24, 2.45) is 0 Å². The fourth-order valence-corrected chi connectivity index (χ4v) is 3.97. The van der Waals surface area contributed by atoms with Crippen molar-refractivity contribution >= 4 is 23.4 Å². The predicted octanol–water partition coefficient (Wildman–Crippen LogP) is 4.01. The van der Waals surface area contributed by atoms with Crippen LogP contribution in [0.15, 0.2) is 52.1 Å². The highest BCUT2D eigenvalue weighted by atomic mass is 32.2. The number of hydrogen-bond donors (Lipinski definition) is 1. The second-order valence-corrected chi connectivity index (χ2v) is 8.00. The van der Waals surface area contributed by atoms with E-state index in [0.717, 1.165) is 18.4 Å². The van der Waals surface area contributed by atoms with Crippen LogP contribution in [-0.2, 0) is 0 Å². The van der Waals surface area contributed by atoms with Crippen LogP contribution in [-0.4, -0.2) is 42.3 Å². The minimum absolute atomic E-state index is 0.272. The minimum atomic E-state index is -0.272. The lowest BCUT2D eigenvalue weighted by Crippen LogP contribution is -2.17. The van der Waals surface area contributed by atoms with E-state index in [1.165, 1.54) is 11.8 Å². The molecule has 3 aromatic heterocycles. The highest BCUT2D eigenvalue weighted by molar-refractivity contribution is 7.98. The predicted molar refractivity (Wildman–Crippen MR) is 116 cm³/mol. The highest BCUT2D eigenvalue weighted by Crippen LogP contribution is 2.37. The molecule has 1 fully saturated rings. The van der Waals surface area contributed by atoms with Gasteiger partial charge in [-0.05, 0) is 60.7 Å². The first kappa shape index (κ1) is 19.4. The molecule has 0 radical (unpaired) electrons. The number of furan rings is 1. The van der Waals surface area contributed by atoms with E-state index in [1.54, 1.807) is 25.3 Å². The molecule has 3 heterocycles. The van der Waals surface area contributed by atoms with Crippen molar-refractivity contribution in [3.05, 3.63) is 53.9 Å².